The molecule has 170 valence electrons. The lowest BCUT2D eigenvalue weighted by Crippen LogP contribution is -2.60. The topological polar surface area (TPSA) is 87.1 Å². The highest BCUT2D eigenvalue weighted by Crippen LogP contribution is 2.20. The van der Waals surface area contributed by atoms with Crippen LogP contribution in [-0.4, -0.2) is 86.6 Å². The number of morpholine rings is 2. The second-order valence-electron chi connectivity index (χ2n) is 8.24. The molecule has 2 aliphatic heterocycles. The van der Waals surface area contributed by atoms with Crippen LogP contribution in [0.3, 0.4) is 0 Å². The van der Waals surface area contributed by atoms with Gasteiger partial charge in [-0.15, -0.1) is 0 Å². The molecular weight excluding hydrogens is 403 g/mol. The lowest BCUT2D eigenvalue weighted by atomic mass is 10.1. The average molecular weight is 435 g/mol. The van der Waals surface area contributed by atoms with E-state index in [2.05, 4.69) is 15.1 Å². The number of rotatable bonds is 9. The van der Waals surface area contributed by atoms with Gasteiger partial charge in [-0.1, -0.05) is 0 Å². The highest BCUT2D eigenvalue weighted by molar-refractivity contribution is 5.67. The Hall–Kier alpha value is -2.41. The Bertz CT molecular complexity index is 771. The summed E-state index contributed by atoms with van der Waals surface area (Å²) < 4.78 is 30.6. The molecule has 0 aliphatic carbocycles. The number of benzene rings is 1. The number of halogens is 1. The molecule has 2 bridgehead atoms. The molecular formula is C22H31FN4O4. The summed E-state index contributed by atoms with van der Waals surface area (Å²) in [6.07, 6.45) is 0.652. The van der Waals surface area contributed by atoms with Crippen molar-refractivity contribution in [2.45, 2.75) is 38.6 Å². The number of carbonyl (C=O) groups is 1. The molecule has 2 saturated heterocycles. The van der Waals surface area contributed by atoms with Crippen molar-refractivity contribution in [2.24, 2.45) is 0 Å². The van der Waals surface area contributed by atoms with Crippen molar-refractivity contribution in [1.29, 1.82) is 5.26 Å². The van der Waals surface area contributed by atoms with Crippen LogP contribution < -0.4 is 10.1 Å². The van der Waals surface area contributed by atoms with E-state index in [0.717, 1.165) is 39.1 Å². The Morgan fingerprint density at radius 1 is 1.26 bits per heavy atom. The maximum Gasteiger partial charge on any atom is 0.407 e. The van der Waals surface area contributed by atoms with Crippen molar-refractivity contribution in [2.75, 3.05) is 52.4 Å². The van der Waals surface area contributed by atoms with Gasteiger partial charge >= 0.3 is 6.09 Å². The van der Waals surface area contributed by atoms with Crippen molar-refractivity contribution in [1.82, 2.24) is 15.1 Å². The maximum absolute atomic E-state index is 13.9. The van der Waals surface area contributed by atoms with Crippen LogP contribution in [0.5, 0.6) is 5.75 Å². The molecule has 1 aromatic rings. The van der Waals surface area contributed by atoms with Gasteiger partial charge in [0.2, 0.25) is 0 Å². The summed E-state index contributed by atoms with van der Waals surface area (Å²) in [5, 5.41) is 11.6. The quantitative estimate of drug-likeness (QED) is 0.595. The summed E-state index contributed by atoms with van der Waals surface area (Å²) in [5.41, 5.74) is 0.279. The molecule has 0 spiro atoms. The third-order valence-corrected chi connectivity index (χ3v) is 5.22. The van der Waals surface area contributed by atoms with Crippen LogP contribution in [0.4, 0.5) is 9.18 Å². The van der Waals surface area contributed by atoms with Gasteiger partial charge in [0.1, 0.15) is 6.61 Å². The summed E-state index contributed by atoms with van der Waals surface area (Å²) >= 11 is 0. The van der Waals surface area contributed by atoms with Gasteiger partial charge in [-0.3, -0.25) is 9.80 Å². The van der Waals surface area contributed by atoms with Crippen LogP contribution in [0.1, 0.15) is 25.8 Å². The van der Waals surface area contributed by atoms with Gasteiger partial charge in [0.25, 0.3) is 0 Å². The molecule has 3 rings (SSSR count). The van der Waals surface area contributed by atoms with Crippen LogP contribution in [0, 0.1) is 17.1 Å². The van der Waals surface area contributed by atoms with Crippen molar-refractivity contribution in [3.63, 3.8) is 0 Å². The highest BCUT2D eigenvalue weighted by atomic mass is 19.1. The lowest BCUT2D eigenvalue weighted by molar-refractivity contribution is -0.139. The standard InChI is InChI=1S/C22H31FN4O4/c1-16(2)30-22(28)25-6-3-7-26-12-18-14-27(15-19(13-26)31-18)8-9-29-21-5-4-17(11-24)10-20(21)23/h4-5,10,16,18-19H,3,6-9,12-15H2,1-2H3,(H,25,28). The zero-order valence-corrected chi connectivity index (χ0v) is 18.2. The van der Waals surface area contributed by atoms with Crippen molar-refractivity contribution >= 4 is 6.09 Å². The number of alkyl carbamates (subject to hydrolysis) is 1. The third kappa shape index (κ3) is 7.35. The third-order valence-electron chi connectivity index (χ3n) is 5.22. The maximum atomic E-state index is 13.9. The van der Waals surface area contributed by atoms with Gasteiger partial charge in [0.05, 0.1) is 29.9 Å². The van der Waals surface area contributed by atoms with E-state index in [1.807, 2.05) is 19.9 Å². The first kappa shape index (κ1) is 23.3. The number of nitriles is 1. The molecule has 1 N–H and O–H groups in total. The van der Waals surface area contributed by atoms with Crippen molar-refractivity contribution in [3.8, 4) is 11.8 Å². The molecule has 0 saturated carbocycles. The molecule has 0 radical (unpaired) electrons. The van der Waals surface area contributed by atoms with Gasteiger partial charge in [-0.05, 0) is 38.5 Å². The molecule has 31 heavy (non-hydrogen) atoms. The van der Waals surface area contributed by atoms with E-state index in [-0.39, 0.29) is 35.7 Å². The average Bonchev–Trinajstić information content (AvgIpc) is 2.71. The second-order valence-corrected chi connectivity index (χ2v) is 8.24. The van der Waals surface area contributed by atoms with Gasteiger partial charge < -0.3 is 19.5 Å². The Kier molecular flexibility index (Phi) is 8.46. The first-order valence-corrected chi connectivity index (χ1v) is 10.8. The summed E-state index contributed by atoms with van der Waals surface area (Å²) in [7, 11) is 0. The van der Waals surface area contributed by atoms with Crippen LogP contribution in [0.25, 0.3) is 0 Å². The fourth-order valence-electron chi connectivity index (χ4n) is 3.95. The van der Waals surface area contributed by atoms with E-state index in [1.54, 1.807) is 6.07 Å². The number of fused-ring (bicyclic) bond motifs is 2. The Balaban J connectivity index is 1.34. The minimum atomic E-state index is -0.513. The minimum Gasteiger partial charge on any atom is -0.489 e. The largest absolute Gasteiger partial charge is 0.489 e. The fourth-order valence-corrected chi connectivity index (χ4v) is 3.95. The molecule has 2 unspecified atom stereocenters. The van der Waals surface area contributed by atoms with E-state index in [4.69, 9.17) is 19.5 Å². The molecule has 1 aromatic carbocycles. The SMILES string of the molecule is CC(C)OC(=O)NCCCN1CC2CN(CCOc3ccc(C#N)cc3F)CC(C1)O2. The summed E-state index contributed by atoms with van der Waals surface area (Å²) in [5.74, 6) is -0.343. The molecule has 2 fully saturated rings. The van der Waals surface area contributed by atoms with Crippen LogP contribution in [0.15, 0.2) is 18.2 Å². The summed E-state index contributed by atoms with van der Waals surface area (Å²) in [6.45, 7) is 9.55. The smallest absolute Gasteiger partial charge is 0.407 e. The van der Waals surface area contributed by atoms with E-state index in [9.17, 15) is 9.18 Å². The van der Waals surface area contributed by atoms with Crippen molar-refractivity contribution in [3.05, 3.63) is 29.6 Å². The van der Waals surface area contributed by atoms with Crippen LogP contribution >= 0.6 is 0 Å². The highest BCUT2D eigenvalue weighted by Gasteiger charge is 2.34. The number of nitrogens with zero attached hydrogens (tertiary/aromatic N) is 3. The molecule has 8 nitrogen and oxygen atoms in total. The number of hydrogen-bond donors (Lipinski definition) is 1. The summed E-state index contributed by atoms with van der Waals surface area (Å²) in [6, 6.07) is 6.14. The first-order valence-electron chi connectivity index (χ1n) is 10.8. The Morgan fingerprint density at radius 3 is 2.55 bits per heavy atom. The van der Waals surface area contributed by atoms with Crippen molar-refractivity contribution < 1.29 is 23.4 Å². The Labute approximate surface area is 182 Å². The van der Waals surface area contributed by atoms with Crippen LogP contribution in [0.2, 0.25) is 0 Å². The van der Waals surface area contributed by atoms with Gasteiger partial charge in [-0.25, -0.2) is 9.18 Å². The van der Waals surface area contributed by atoms with Gasteiger partial charge in [0.15, 0.2) is 11.6 Å². The van der Waals surface area contributed by atoms with Gasteiger partial charge in [0, 0.05) is 45.8 Å². The number of carbonyl (C=O) groups excluding carboxylic acids is 1. The molecule has 0 aromatic heterocycles. The van der Waals surface area contributed by atoms with Gasteiger partial charge in [-0.2, -0.15) is 5.26 Å². The number of hydrogen-bond acceptors (Lipinski definition) is 7. The number of ether oxygens (including phenoxy) is 3. The Morgan fingerprint density at radius 2 is 1.94 bits per heavy atom. The lowest BCUT2D eigenvalue weighted by Gasteiger charge is -2.45. The number of amides is 1. The predicted octanol–water partition coefficient (Wildman–Crippen LogP) is 1.99. The number of nitrogens with one attached hydrogen (secondary N) is 1. The second kappa shape index (κ2) is 11.3. The molecule has 2 atom stereocenters. The summed E-state index contributed by atoms with van der Waals surface area (Å²) in [4.78, 5) is 16.2. The molecule has 2 heterocycles. The molecule has 2 aliphatic rings. The van der Waals surface area contributed by atoms with E-state index in [1.165, 1.54) is 12.1 Å². The normalized spacial score (nSPS) is 21.5. The zero-order valence-electron chi connectivity index (χ0n) is 18.2. The predicted molar refractivity (Wildman–Crippen MR) is 112 cm³/mol. The minimum absolute atomic E-state index is 0.116. The fraction of sp³-hybridized carbons (Fsp3) is 0.636. The van der Waals surface area contributed by atoms with E-state index >= 15 is 0 Å². The van der Waals surface area contributed by atoms with E-state index in [0.29, 0.717) is 19.7 Å². The molecule has 9 heteroatoms. The first-order chi connectivity index (χ1) is 14.9. The van der Waals surface area contributed by atoms with E-state index < -0.39 is 5.82 Å². The monoisotopic (exact) mass is 434 g/mol. The molecule has 1 amide bonds. The zero-order chi connectivity index (χ0) is 22.2. The van der Waals surface area contributed by atoms with Crippen LogP contribution in [-0.2, 0) is 9.47 Å².